The molecule has 1 aromatic carbocycles. The number of H-pyrrole nitrogens is 1. The highest BCUT2D eigenvalue weighted by molar-refractivity contribution is 7.71. The van der Waals surface area contributed by atoms with E-state index in [1.165, 1.54) is 12.1 Å². The number of fused-ring (bicyclic) bond motifs is 1. The van der Waals surface area contributed by atoms with Crippen molar-refractivity contribution < 1.29 is 9.18 Å². The number of aromatic nitrogens is 2. The van der Waals surface area contributed by atoms with E-state index in [-0.39, 0.29) is 10.9 Å². The largest absolute Gasteiger partial charge is 0.356 e. The zero-order valence-electron chi connectivity index (χ0n) is 10.3. The second kappa shape index (κ2) is 5.71. The van der Waals surface area contributed by atoms with Crippen LogP contribution >= 0.6 is 23.8 Å². The monoisotopic (exact) mass is 301 g/mol. The van der Waals surface area contributed by atoms with Crippen molar-refractivity contribution in [2.45, 2.75) is 19.9 Å². The molecular weight excluding hydrogens is 289 g/mol. The SMILES string of the molecule is CCNC(=O)CCn1c(=S)[nH]c2cc(F)c(Cl)cc21. The molecule has 4 nitrogen and oxygen atoms in total. The number of amides is 1. The van der Waals surface area contributed by atoms with Gasteiger partial charge in [-0.25, -0.2) is 4.39 Å². The Bertz CT molecular complexity index is 679. The Hall–Kier alpha value is -1.40. The number of rotatable bonds is 4. The summed E-state index contributed by atoms with van der Waals surface area (Å²) in [5, 5.41) is 2.75. The minimum absolute atomic E-state index is 0.0354. The number of carbonyl (C=O) groups excluding carboxylic acids is 1. The molecule has 1 amide bonds. The maximum atomic E-state index is 13.3. The summed E-state index contributed by atoms with van der Waals surface area (Å²) in [5.74, 6) is -0.548. The minimum atomic E-state index is -0.499. The molecule has 0 radical (unpaired) electrons. The van der Waals surface area contributed by atoms with Crippen LogP contribution in [0.5, 0.6) is 0 Å². The van der Waals surface area contributed by atoms with E-state index in [0.29, 0.717) is 35.3 Å². The molecular formula is C12H13ClFN3OS. The van der Waals surface area contributed by atoms with Crippen LogP contribution in [0, 0.1) is 10.6 Å². The zero-order chi connectivity index (χ0) is 14.0. The van der Waals surface area contributed by atoms with E-state index in [1.807, 2.05) is 6.92 Å². The van der Waals surface area contributed by atoms with Crippen molar-refractivity contribution in [2.24, 2.45) is 0 Å². The van der Waals surface area contributed by atoms with Gasteiger partial charge in [0.05, 0.1) is 16.1 Å². The zero-order valence-corrected chi connectivity index (χ0v) is 11.9. The summed E-state index contributed by atoms with van der Waals surface area (Å²) in [6, 6.07) is 2.81. The molecule has 0 unspecified atom stereocenters. The van der Waals surface area contributed by atoms with E-state index in [4.69, 9.17) is 23.8 Å². The van der Waals surface area contributed by atoms with Crippen LogP contribution in [0.2, 0.25) is 5.02 Å². The van der Waals surface area contributed by atoms with Crippen LogP contribution in [0.4, 0.5) is 4.39 Å². The summed E-state index contributed by atoms with van der Waals surface area (Å²) in [6.45, 7) is 2.87. The number of nitrogens with one attached hydrogen (secondary N) is 2. The highest BCUT2D eigenvalue weighted by atomic mass is 35.5. The quantitative estimate of drug-likeness (QED) is 0.853. The van der Waals surface area contributed by atoms with Crippen LogP contribution in [0.15, 0.2) is 12.1 Å². The van der Waals surface area contributed by atoms with Crippen LogP contribution in [0.1, 0.15) is 13.3 Å². The maximum absolute atomic E-state index is 13.3. The molecule has 0 atom stereocenters. The van der Waals surface area contributed by atoms with Crippen molar-refractivity contribution in [2.75, 3.05) is 6.54 Å². The van der Waals surface area contributed by atoms with Gasteiger partial charge in [-0.05, 0) is 25.2 Å². The van der Waals surface area contributed by atoms with E-state index in [1.54, 1.807) is 4.57 Å². The number of aryl methyl sites for hydroxylation is 1. The van der Waals surface area contributed by atoms with Gasteiger partial charge < -0.3 is 14.9 Å². The first-order chi connectivity index (χ1) is 9.02. The van der Waals surface area contributed by atoms with Gasteiger partial charge in [-0.1, -0.05) is 11.6 Å². The molecule has 0 aliphatic carbocycles. The number of hydrogen-bond donors (Lipinski definition) is 2. The van der Waals surface area contributed by atoms with E-state index in [9.17, 15) is 9.18 Å². The Balaban J connectivity index is 2.32. The Morgan fingerprint density at radius 3 is 3.00 bits per heavy atom. The Morgan fingerprint density at radius 1 is 1.58 bits per heavy atom. The lowest BCUT2D eigenvalue weighted by atomic mass is 10.3. The fourth-order valence-corrected chi connectivity index (χ4v) is 2.33. The number of halogens is 2. The molecule has 0 saturated carbocycles. The molecule has 2 aromatic rings. The maximum Gasteiger partial charge on any atom is 0.221 e. The van der Waals surface area contributed by atoms with Gasteiger partial charge in [0.2, 0.25) is 5.91 Å². The van der Waals surface area contributed by atoms with E-state index in [2.05, 4.69) is 10.3 Å². The summed E-state index contributed by atoms with van der Waals surface area (Å²) in [5.41, 5.74) is 1.27. The van der Waals surface area contributed by atoms with Crippen molar-refractivity contribution >= 4 is 40.8 Å². The molecule has 19 heavy (non-hydrogen) atoms. The summed E-state index contributed by atoms with van der Waals surface area (Å²) in [6.07, 6.45) is 0.310. The van der Waals surface area contributed by atoms with E-state index < -0.39 is 5.82 Å². The normalized spacial score (nSPS) is 10.9. The number of nitrogens with zero attached hydrogens (tertiary/aromatic N) is 1. The number of carbonyl (C=O) groups is 1. The van der Waals surface area contributed by atoms with Crippen LogP contribution < -0.4 is 5.32 Å². The summed E-state index contributed by atoms with van der Waals surface area (Å²) >= 11 is 10.9. The Morgan fingerprint density at radius 2 is 2.32 bits per heavy atom. The van der Waals surface area contributed by atoms with Crippen molar-refractivity contribution in [1.82, 2.24) is 14.9 Å². The average molecular weight is 302 g/mol. The number of benzene rings is 1. The van der Waals surface area contributed by atoms with Gasteiger partial charge in [-0.3, -0.25) is 4.79 Å². The van der Waals surface area contributed by atoms with Gasteiger partial charge in [0.25, 0.3) is 0 Å². The molecule has 0 aliphatic heterocycles. The molecule has 0 bridgehead atoms. The number of imidazole rings is 1. The standard InChI is InChI=1S/C12H13ClFN3OS/c1-2-15-11(18)3-4-17-10-5-7(13)8(14)6-9(10)16-12(17)19/h5-6H,2-4H2,1H3,(H,15,18)(H,16,19). The topological polar surface area (TPSA) is 49.8 Å². The molecule has 1 aromatic heterocycles. The second-order valence-corrected chi connectivity index (χ2v) is 4.86. The fraction of sp³-hybridized carbons (Fsp3) is 0.333. The van der Waals surface area contributed by atoms with Gasteiger partial charge in [0.1, 0.15) is 5.82 Å². The molecule has 0 saturated heterocycles. The third kappa shape index (κ3) is 2.96. The molecule has 0 spiro atoms. The molecule has 2 rings (SSSR count). The van der Waals surface area contributed by atoms with Crippen molar-refractivity contribution in [3.8, 4) is 0 Å². The van der Waals surface area contributed by atoms with Crippen molar-refractivity contribution in [1.29, 1.82) is 0 Å². The lowest BCUT2D eigenvalue weighted by Gasteiger charge is -2.05. The van der Waals surface area contributed by atoms with Crippen LogP contribution in [0.25, 0.3) is 11.0 Å². The summed E-state index contributed by atoms with van der Waals surface area (Å²) in [7, 11) is 0. The minimum Gasteiger partial charge on any atom is -0.356 e. The highest BCUT2D eigenvalue weighted by Gasteiger charge is 2.10. The molecule has 1 heterocycles. The van der Waals surface area contributed by atoms with Gasteiger partial charge in [0, 0.05) is 25.6 Å². The summed E-state index contributed by atoms with van der Waals surface area (Å²) in [4.78, 5) is 14.4. The fourth-order valence-electron chi connectivity index (χ4n) is 1.87. The lowest BCUT2D eigenvalue weighted by Crippen LogP contribution is -2.23. The van der Waals surface area contributed by atoms with Crippen LogP contribution in [-0.4, -0.2) is 22.0 Å². The second-order valence-electron chi connectivity index (χ2n) is 4.07. The number of hydrogen-bond acceptors (Lipinski definition) is 2. The smallest absolute Gasteiger partial charge is 0.221 e. The number of aromatic amines is 1. The highest BCUT2D eigenvalue weighted by Crippen LogP contribution is 2.23. The predicted molar refractivity (Wildman–Crippen MR) is 75.4 cm³/mol. The van der Waals surface area contributed by atoms with Crippen LogP contribution in [-0.2, 0) is 11.3 Å². The summed E-state index contributed by atoms with van der Waals surface area (Å²) < 4.78 is 15.5. The third-order valence-electron chi connectivity index (χ3n) is 2.75. The van der Waals surface area contributed by atoms with Gasteiger partial charge in [-0.2, -0.15) is 0 Å². The van der Waals surface area contributed by atoms with Crippen molar-refractivity contribution in [3.05, 3.63) is 27.7 Å². The molecule has 2 N–H and O–H groups in total. The van der Waals surface area contributed by atoms with Gasteiger partial charge >= 0.3 is 0 Å². The van der Waals surface area contributed by atoms with E-state index >= 15 is 0 Å². The van der Waals surface area contributed by atoms with Gasteiger partial charge in [-0.15, -0.1) is 0 Å². The van der Waals surface area contributed by atoms with E-state index in [0.717, 1.165) is 0 Å². The first-order valence-electron chi connectivity index (χ1n) is 5.87. The first kappa shape index (κ1) is 14.0. The molecule has 0 fully saturated rings. The lowest BCUT2D eigenvalue weighted by molar-refractivity contribution is -0.121. The molecule has 102 valence electrons. The Labute approximate surface area is 119 Å². The predicted octanol–water partition coefficient (Wildman–Crippen LogP) is 3.02. The van der Waals surface area contributed by atoms with Gasteiger partial charge in [0.15, 0.2) is 4.77 Å². The van der Waals surface area contributed by atoms with Crippen LogP contribution in [0.3, 0.4) is 0 Å². The molecule has 0 aliphatic rings. The third-order valence-corrected chi connectivity index (χ3v) is 3.36. The molecule has 7 heteroatoms. The van der Waals surface area contributed by atoms with Crippen molar-refractivity contribution in [3.63, 3.8) is 0 Å². The Kier molecular flexibility index (Phi) is 4.21. The first-order valence-corrected chi connectivity index (χ1v) is 6.65. The average Bonchev–Trinajstić information content (AvgIpc) is 2.63.